The van der Waals surface area contributed by atoms with Crippen LogP contribution in [0.5, 0.6) is 0 Å². The Balaban J connectivity index is 1.35. The van der Waals surface area contributed by atoms with E-state index in [-0.39, 0.29) is 36.1 Å². The summed E-state index contributed by atoms with van der Waals surface area (Å²) in [5, 5.41) is 2.79. The average molecular weight is 421 g/mol. The van der Waals surface area contributed by atoms with Gasteiger partial charge in [0.05, 0.1) is 11.8 Å². The minimum Gasteiger partial charge on any atom is -0.325 e. The first-order chi connectivity index (χ1) is 14.4. The Labute approximate surface area is 180 Å². The number of carbonyl (C=O) groups is 3. The van der Waals surface area contributed by atoms with Gasteiger partial charge in [0.25, 0.3) is 0 Å². The molecule has 2 aliphatic rings. The fourth-order valence-electron chi connectivity index (χ4n) is 3.89. The van der Waals surface area contributed by atoms with E-state index in [2.05, 4.69) is 37.4 Å². The lowest BCUT2D eigenvalue weighted by molar-refractivity contribution is -0.142. The summed E-state index contributed by atoms with van der Waals surface area (Å²) in [5.41, 5.74) is 3.16. The smallest absolute Gasteiger partial charge is 0.244 e. The molecule has 1 N–H and O–H groups in total. The van der Waals surface area contributed by atoms with Gasteiger partial charge >= 0.3 is 0 Å². The van der Waals surface area contributed by atoms with Crippen LogP contribution in [0.4, 0.5) is 5.69 Å². The molecule has 1 aliphatic carbocycles. The SMILES string of the molecule is Cc1ccc(Sc2ccc(NC(=O)CN3C(=O)[C@H]4CC=CC[C@@H]4C3=O)cc2)cc1C. The lowest BCUT2D eigenvalue weighted by Gasteiger charge is -2.14. The maximum absolute atomic E-state index is 12.5. The Morgan fingerprint density at radius 3 is 2.13 bits per heavy atom. The van der Waals surface area contributed by atoms with Crippen LogP contribution >= 0.6 is 11.8 Å². The number of nitrogens with zero attached hydrogens (tertiary/aromatic N) is 1. The molecular formula is C24H24N2O3S. The van der Waals surface area contributed by atoms with Gasteiger partial charge in [-0.2, -0.15) is 0 Å². The van der Waals surface area contributed by atoms with E-state index >= 15 is 0 Å². The molecule has 2 aromatic carbocycles. The number of nitrogens with one attached hydrogen (secondary N) is 1. The molecule has 1 heterocycles. The number of rotatable bonds is 5. The van der Waals surface area contributed by atoms with Crippen molar-refractivity contribution in [1.82, 2.24) is 4.90 Å². The number of hydrogen-bond donors (Lipinski definition) is 1. The Hall–Kier alpha value is -2.86. The fraction of sp³-hybridized carbons (Fsp3) is 0.292. The molecule has 0 saturated carbocycles. The minimum atomic E-state index is -0.363. The fourth-order valence-corrected chi connectivity index (χ4v) is 4.80. The highest BCUT2D eigenvalue weighted by atomic mass is 32.2. The molecule has 3 amide bonds. The summed E-state index contributed by atoms with van der Waals surface area (Å²) in [5.74, 6) is -1.44. The first kappa shape index (κ1) is 20.4. The highest BCUT2D eigenvalue weighted by Gasteiger charge is 2.47. The lowest BCUT2D eigenvalue weighted by Crippen LogP contribution is -2.38. The molecule has 6 heteroatoms. The molecule has 2 aromatic rings. The Morgan fingerprint density at radius 1 is 0.933 bits per heavy atom. The number of aryl methyl sites for hydroxylation is 2. The standard InChI is InChI=1S/C24H24N2O3S/c1-15-7-10-19(13-16(15)2)30-18-11-8-17(9-12-18)25-22(27)14-26-23(28)20-5-3-4-6-21(20)24(26)29/h3-4,7-13,20-21H,5-6,14H2,1-2H3,(H,25,27)/t20-,21-/m0/s1. The number of imide groups is 1. The third kappa shape index (κ3) is 4.19. The first-order valence-electron chi connectivity index (χ1n) is 10.1. The lowest BCUT2D eigenvalue weighted by atomic mass is 9.85. The van der Waals surface area contributed by atoms with Crippen molar-refractivity contribution in [2.24, 2.45) is 11.8 Å². The van der Waals surface area contributed by atoms with Gasteiger partial charge in [-0.25, -0.2) is 0 Å². The number of likely N-dealkylation sites (tertiary alicyclic amines) is 1. The van der Waals surface area contributed by atoms with Crippen LogP contribution in [0.1, 0.15) is 24.0 Å². The number of benzene rings is 2. The normalized spacial score (nSPS) is 20.4. The van der Waals surface area contributed by atoms with E-state index < -0.39 is 0 Å². The number of fused-ring (bicyclic) bond motifs is 1. The maximum Gasteiger partial charge on any atom is 0.244 e. The predicted octanol–water partition coefficient (Wildman–Crippen LogP) is 4.34. The van der Waals surface area contributed by atoms with Crippen molar-refractivity contribution < 1.29 is 14.4 Å². The number of amides is 3. The molecule has 0 unspecified atom stereocenters. The van der Waals surface area contributed by atoms with Gasteiger partial charge in [0, 0.05) is 15.5 Å². The zero-order chi connectivity index (χ0) is 21.3. The topological polar surface area (TPSA) is 66.5 Å². The molecule has 4 rings (SSSR count). The van der Waals surface area contributed by atoms with Crippen molar-refractivity contribution in [2.75, 3.05) is 11.9 Å². The van der Waals surface area contributed by atoms with E-state index in [0.29, 0.717) is 18.5 Å². The second-order valence-electron chi connectivity index (χ2n) is 7.84. The van der Waals surface area contributed by atoms with Crippen molar-refractivity contribution >= 4 is 35.2 Å². The van der Waals surface area contributed by atoms with E-state index in [4.69, 9.17) is 0 Å². The van der Waals surface area contributed by atoms with E-state index in [1.165, 1.54) is 11.1 Å². The van der Waals surface area contributed by atoms with Crippen molar-refractivity contribution in [1.29, 1.82) is 0 Å². The van der Waals surface area contributed by atoms with Gasteiger partial charge in [0.15, 0.2) is 0 Å². The average Bonchev–Trinajstić information content (AvgIpc) is 2.97. The summed E-state index contributed by atoms with van der Waals surface area (Å²) in [6.07, 6.45) is 5.03. The second-order valence-corrected chi connectivity index (χ2v) is 8.99. The van der Waals surface area contributed by atoms with Crippen LogP contribution in [-0.4, -0.2) is 29.2 Å². The summed E-state index contributed by atoms with van der Waals surface area (Å²) in [7, 11) is 0. The summed E-state index contributed by atoms with van der Waals surface area (Å²) >= 11 is 1.66. The molecular weight excluding hydrogens is 396 g/mol. The summed E-state index contributed by atoms with van der Waals surface area (Å²) in [6, 6.07) is 13.9. The van der Waals surface area contributed by atoms with Crippen LogP contribution in [-0.2, 0) is 14.4 Å². The number of anilines is 1. The van der Waals surface area contributed by atoms with E-state index in [0.717, 1.165) is 14.7 Å². The number of carbonyl (C=O) groups excluding carboxylic acids is 3. The third-order valence-corrected chi connectivity index (χ3v) is 6.75. The summed E-state index contributed by atoms with van der Waals surface area (Å²) in [6.45, 7) is 3.96. The van der Waals surface area contributed by atoms with E-state index in [9.17, 15) is 14.4 Å². The molecule has 0 aromatic heterocycles. The zero-order valence-corrected chi connectivity index (χ0v) is 17.9. The van der Waals surface area contributed by atoms with Gasteiger partial charge in [-0.05, 0) is 74.2 Å². The van der Waals surface area contributed by atoms with Crippen molar-refractivity contribution in [2.45, 2.75) is 36.5 Å². The predicted molar refractivity (Wildman–Crippen MR) is 117 cm³/mol. The molecule has 2 atom stereocenters. The van der Waals surface area contributed by atoms with Gasteiger partial charge in [-0.3, -0.25) is 19.3 Å². The van der Waals surface area contributed by atoms with Crippen molar-refractivity contribution in [3.8, 4) is 0 Å². The quantitative estimate of drug-likeness (QED) is 0.577. The van der Waals surface area contributed by atoms with Gasteiger partial charge in [-0.15, -0.1) is 0 Å². The Kier molecular flexibility index (Phi) is 5.77. The summed E-state index contributed by atoms with van der Waals surface area (Å²) < 4.78 is 0. The van der Waals surface area contributed by atoms with Gasteiger partial charge < -0.3 is 5.32 Å². The molecule has 1 fully saturated rings. The first-order valence-corrected chi connectivity index (χ1v) is 10.9. The molecule has 30 heavy (non-hydrogen) atoms. The monoisotopic (exact) mass is 420 g/mol. The van der Waals surface area contributed by atoms with Gasteiger partial charge in [0.2, 0.25) is 17.7 Å². The molecule has 0 bridgehead atoms. The molecule has 0 radical (unpaired) electrons. The van der Waals surface area contributed by atoms with Gasteiger partial charge in [-0.1, -0.05) is 30.0 Å². The number of allylic oxidation sites excluding steroid dienone is 2. The molecule has 1 aliphatic heterocycles. The molecule has 0 spiro atoms. The van der Waals surface area contributed by atoms with Crippen molar-refractivity contribution in [3.05, 3.63) is 65.7 Å². The largest absolute Gasteiger partial charge is 0.325 e. The van der Waals surface area contributed by atoms with Crippen LogP contribution in [0.2, 0.25) is 0 Å². The number of hydrogen-bond acceptors (Lipinski definition) is 4. The second kappa shape index (κ2) is 8.48. The Bertz CT molecular complexity index is 1000. The Morgan fingerprint density at radius 2 is 1.53 bits per heavy atom. The van der Waals surface area contributed by atoms with Crippen LogP contribution < -0.4 is 5.32 Å². The third-order valence-electron chi connectivity index (χ3n) is 5.75. The minimum absolute atomic E-state index is 0.232. The maximum atomic E-state index is 12.5. The van der Waals surface area contributed by atoms with Crippen LogP contribution in [0.15, 0.2) is 64.4 Å². The van der Waals surface area contributed by atoms with E-state index in [1.54, 1.807) is 11.8 Å². The summed E-state index contributed by atoms with van der Waals surface area (Å²) in [4.78, 5) is 40.8. The highest BCUT2D eigenvalue weighted by Crippen LogP contribution is 2.35. The molecule has 1 saturated heterocycles. The van der Waals surface area contributed by atoms with Crippen LogP contribution in [0.3, 0.4) is 0 Å². The van der Waals surface area contributed by atoms with Crippen LogP contribution in [0, 0.1) is 25.7 Å². The highest BCUT2D eigenvalue weighted by molar-refractivity contribution is 7.99. The van der Waals surface area contributed by atoms with Gasteiger partial charge in [0.1, 0.15) is 6.54 Å². The molecule has 154 valence electrons. The molecule has 5 nitrogen and oxygen atoms in total. The zero-order valence-electron chi connectivity index (χ0n) is 17.1. The van der Waals surface area contributed by atoms with Crippen molar-refractivity contribution in [3.63, 3.8) is 0 Å². The van der Waals surface area contributed by atoms with Crippen LogP contribution in [0.25, 0.3) is 0 Å². The van der Waals surface area contributed by atoms with E-state index in [1.807, 2.05) is 36.4 Å².